The van der Waals surface area contributed by atoms with E-state index in [4.69, 9.17) is 119 Å². The first-order valence-electron chi connectivity index (χ1n) is 48.4. The lowest BCUT2D eigenvalue weighted by Gasteiger charge is -2.27. The highest BCUT2D eigenvalue weighted by Gasteiger charge is 2.45. The fourth-order valence-electron chi connectivity index (χ4n) is 13.9. The van der Waals surface area contributed by atoms with Crippen LogP contribution in [-0.2, 0) is 159 Å². The maximum atomic E-state index is 12.8. The third-order valence-electron chi connectivity index (χ3n) is 21.4. The third-order valence-corrected chi connectivity index (χ3v) is 22.2. The van der Waals surface area contributed by atoms with Gasteiger partial charge in [0.05, 0.1) is 340 Å². The summed E-state index contributed by atoms with van der Waals surface area (Å²) >= 11 is 0. The van der Waals surface area contributed by atoms with Crippen molar-refractivity contribution in [1.82, 2.24) is 10.4 Å². The van der Waals surface area contributed by atoms with Gasteiger partial charge in [0.25, 0.3) is 11.8 Å². The zero-order chi connectivity index (χ0) is 97.4. The molecule has 38 heteroatoms. The number of allylic oxidation sites excluding steroid dienone is 6. The number of unbranched alkanes of at least 4 members (excludes halogenated alkanes) is 4. The lowest BCUT2D eigenvalue weighted by atomic mass is 9.81. The first kappa shape index (κ1) is 121. The summed E-state index contributed by atoms with van der Waals surface area (Å²) in [5, 5.41) is 3.52. The van der Waals surface area contributed by atoms with E-state index in [0.29, 0.717) is 354 Å². The highest BCUT2D eigenvalue weighted by Crippen LogP contribution is 2.48. The van der Waals surface area contributed by atoms with Crippen molar-refractivity contribution in [2.24, 2.45) is 0 Å². The highest BCUT2D eigenvalue weighted by molar-refractivity contribution is 7.85. The second-order valence-electron chi connectivity index (χ2n) is 32.3. The van der Waals surface area contributed by atoms with E-state index in [1.54, 1.807) is 18.1 Å². The Morgan fingerprint density at radius 1 is 0.422 bits per heavy atom. The quantitative estimate of drug-likeness (QED) is 0.0224. The number of methoxy groups -OCH3 is 1. The van der Waals surface area contributed by atoms with Crippen molar-refractivity contribution in [3.63, 3.8) is 0 Å². The molecule has 0 bridgehead atoms. The van der Waals surface area contributed by atoms with Crippen molar-refractivity contribution >= 4 is 50.9 Å². The molecule has 2 aromatic carbocycles. The molecular weight excluding hydrogens is 1780 g/mol. The predicted octanol–water partition coefficient (Wildman–Crippen LogP) is 6.87. The average Bonchev–Trinajstić information content (AvgIpc) is 1.60. The number of hydrogen-bond donors (Lipinski definition) is 2. The molecule has 37 nitrogen and oxygen atoms in total. The molecule has 2 aromatic rings. The number of benzene rings is 2. The second kappa shape index (κ2) is 80.8. The molecule has 0 radical (unpaired) electrons. The van der Waals surface area contributed by atoms with E-state index in [2.05, 4.69) is 80.6 Å². The topological polar surface area (TPSA) is 382 Å². The second-order valence-corrected chi connectivity index (χ2v) is 33.7. The lowest BCUT2D eigenvalue weighted by Crippen LogP contribution is -3.11. The number of ether oxygens (including phenoxy) is 24. The number of rotatable bonds is 92. The number of hydrogen-bond acceptors (Lipinski definition) is 33. The summed E-state index contributed by atoms with van der Waals surface area (Å²) in [4.78, 5) is 57.8. The fraction of sp³-hybridized carbons (Fsp3) is 0.763. The van der Waals surface area contributed by atoms with Crippen LogP contribution in [0.4, 0.5) is 11.4 Å². The van der Waals surface area contributed by atoms with Gasteiger partial charge >= 0.3 is 5.97 Å². The zero-order valence-electron chi connectivity index (χ0n) is 82.7. The SMILES string of the molecule is CC[NH+](CC)CC.COCCOCCOCCOCCOCCOCCOCCOCCOCCOCCOCCOCCOCCOCCOCCOCCOCCOCCOCCOCCOCCOCCOCCOCCNC(=O)CCCCC[N+]1=C(C=CC=CC=C2N(CCCCCC(=O)ON3C(=O)CCC3=O)c3ccc(C)cc3C2(C)C)C(C)(C)c2cc(S(=O)(=O)[O-])ccc21. The van der Waals surface area contributed by atoms with Crippen LogP contribution in [0, 0.1) is 6.92 Å². The summed E-state index contributed by atoms with van der Waals surface area (Å²) in [7, 11) is -3.06. The maximum Gasteiger partial charge on any atom is 0.333 e. The van der Waals surface area contributed by atoms with Crippen LogP contribution in [0.1, 0.15) is 129 Å². The van der Waals surface area contributed by atoms with Gasteiger partial charge in [-0.05, 0) is 97.1 Å². The number of aryl methyl sites for hydroxylation is 1. The molecule has 0 saturated carbocycles. The molecule has 0 spiro atoms. The molecule has 0 aromatic heterocycles. The number of quaternary nitrogens is 1. The molecule has 0 aliphatic carbocycles. The number of hydroxylamine groups is 2. The summed E-state index contributed by atoms with van der Waals surface area (Å²) < 4.78 is 171. The molecule has 3 amide bonds. The lowest BCUT2D eigenvalue weighted by molar-refractivity contribution is -0.894. The van der Waals surface area contributed by atoms with Gasteiger partial charge < -0.3 is 138 Å². The molecule has 135 heavy (non-hydrogen) atoms. The van der Waals surface area contributed by atoms with Gasteiger partial charge in [0.2, 0.25) is 11.6 Å². The smallest absolute Gasteiger partial charge is 0.333 e. The van der Waals surface area contributed by atoms with Crippen LogP contribution in [0.25, 0.3) is 0 Å². The van der Waals surface area contributed by atoms with Gasteiger partial charge in [-0.15, -0.1) is 5.06 Å². The van der Waals surface area contributed by atoms with E-state index in [0.717, 1.165) is 59.6 Å². The Morgan fingerprint density at radius 3 is 1.12 bits per heavy atom. The van der Waals surface area contributed by atoms with Crippen LogP contribution in [0.2, 0.25) is 0 Å². The van der Waals surface area contributed by atoms with Gasteiger partial charge in [0.15, 0.2) is 5.71 Å². The van der Waals surface area contributed by atoms with Crippen molar-refractivity contribution in [2.45, 2.75) is 135 Å². The third kappa shape index (κ3) is 58.2. The Bertz CT molecular complexity index is 3570. The Labute approximate surface area is 803 Å². The number of amides is 3. The summed E-state index contributed by atoms with van der Waals surface area (Å²) in [5.41, 5.74) is 6.18. The molecule has 776 valence electrons. The van der Waals surface area contributed by atoms with Crippen molar-refractivity contribution in [1.29, 1.82) is 0 Å². The summed E-state index contributed by atoms with van der Waals surface area (Å²) in [6.45, 7) is 44.8. The molecule has 0 unspecified atom stereocenters. The van der Waals surface area contributed by atoms with E-state index >= 15 is 0 Å². The highest BCUT2D eigenvalue weighted by atomic mass is 32.2. The monoisotopic (exact) mass is 1950 g/mol. The van der Waals surface area contributed by atoms with E-state index in [1.165, 1.54) is 37.3 Å². The molecule has 1 fully saturated rings. The number of imide groups is 1. The zero-order valence-corrected chi connectivity index (χ0v) is 83.5. The Balaban J connectivity index is 0.00000522. The largest absolute Gasteiger partial charge is 0.744 e. The normalized spacial score (nSPS) is 14.5. The molecule has 3 aliphatic rings. The molecular formula is C97H166N5O32S+. The first-order chi connectivity index (χ1) is 65.8. The predicted molar refractivity (Wildman–Crippen MR) is 506 cm³/mol. The first-order valence-corrected chi connectivity index (χ1v) is 49.9. The molecule has 2 N–H and O–H groups in total. The van der Waals surface area contributed by atoms with Crippen LogP contribution in [0.3, 0.4) is 0 Å². The van der Waals surface area contributed by atoms with Crippen LogP contribution in [-0.4, -0.2) is 409 Å². The molecule has 3 aliphatic heterocycles. The molecule has 1 saturated heterocycles. The number of nitrogens with one attached hydrogen (secondary N) is 2. The minimum Gasteiger partial charge on any atom is -0.744 e. The molecule has 5 rings (SSSR count). The van der Waals surface area contributed by atoms with Gasteiger partial charge in [-0.3, -0.25) is 14.4 Å². The minimum absolute atomic E-state index is 0.0485. The van der Waals surface area contributed by atoms with E-state index in [1.807, 2.05) is 38.2 Å². The molecule has 3 heterocycles. The Kier molecular flexibility index (Phi) is 72.6. The fourth-order valence-corrected chi connectivity index (χ4v) is 14.4. The van der Waals surface area contributed by atoms with Gasteiger partial charge in [-0.25, -0.2) is 13.2 Å². The van der Waals surface area contributed by atoms with E-state index < -0.39 is 33.3 Å². The summed E-state index contributed by atoms with van der Waals surface area (Å²) in [5.74, 6) is -1.65. The molecule has 0 atom stereocenters. The van der Waals surface area contributed by atoms with Crippen LogP contribution in [0.15, 0.2) is 77.4 Å². The van der Waals surface area contributed by atoms with Gasteiger partial charge in [0.1, 0.15) is 16.7 Å². The minimum atomic E-state index is -4.70. The van der Waals surface area contributed by atoms with Crippen molar-refractivity contribution in [2.75, 3.05) is 362 Å². The van der Waals surface area contributed by atoms with Gasteiger partial charge in [0, 0.05) is 86.8 Å². The number of carbonyl (C=O) groups is 4. The number of anilines is 1. The van der Waals surface area contributed by atoms with Gasteiger partial charge in [-0.2, -0.15) is 4.58 Å². The number of nitrogens with zero attached hydrogens (tertiary/aromatic N) is 3. The van der Waals surface area contributed by atoms with E-state index in [-0.39, 0.29) is 35.5 Å². The Hall–Kier alpha value is -5.88. The summed E-state index contributed by atoms with van der Waals surface area (Å²) in [6.07, 6.45) is 14.9. The van der Waals surface area contributed by atoms with Crippen LogP contribution < -0.4 is 15.1 Å². The van der Waals surface area contributed by atoms with E-state index in [9.17, 15) is 32.1 Å². The average molecular weight is 1950 g/mol. The van der Waals surface area contributed by atoms with Crippen LogP contribution >= 0.6 is 0 Å². The standard InChI is InChI=1S/C91H150N4O32S.C6H15N/c1-78-20-22-82-80(76-78)90(2,3)84(93(82)28-15-9-13-19-89(99)127-95-87(97)24-25-88(95)98)16-10-7-11-17-85-91(4,5)81-77-79(128(100,101)102)21-23-83(81)94(85)27-14-8-12-18-86(96)92-26-29-104-32-33-106-36-37-108-40-41-110-44-45-112-48-49-114-52-53-116-56-57-118-60-61-120-64-65-122-68-69-124-72-73-126-75-74-125-71-70-123-67-66-121-63-62-119-59-58-117-55-54-115-51-50-113-47-46-111-43-42-109-39-38-107-35-34-105-31-30-103-6;1-4-7(5-2)6-3/h7,10-11,16-17,20-23,76-77H,8-9,12-15,18-19,24-75H2,1-6H3,(H-,92,96,100,101,102);4-6H2,1-3H3/p+1. The van der Waals surface area contributed by atoms with Crippen LogP contribution in [0.5, 0.6) is 0 Å². The number of fused-ring (bicyclic) bond motifs is 2. The Morgan fingerprint density at radius 2 is 0.770 bits per heavy atom. The number of carbonyl (C=O) groups excluding carboxylic acids is 4. The van der Waals surface area contributed by atoms with Crippen molar-refractivity contribution < 1.29 is 160 Å². The van der Waals surface area contributed by atoms with Gasteiger partial charge in [-0.1, -0.05) is 56.2 Å². The van der Waals surface area contributed by atoms with Crippen molar-refractivity contribution in [3.8, 4) is 0 Å². The van der Waals surface area contributed by atoms with Crippen molar-refractivity contribution in [3.05, 3.63) is 89.2 Å². The summed E-state index contributed by atoms with van der Waals surface area (Å²) in [6, 6.07) is 11.1. The maximum absolute atomic E-state index is 12.8.